The molecule has 4 atom stereocenters. The lowest BCUT2D eigenvalue weighted by atomic mass is 9.75. The van der Waals surface area contributed by atoms with E-state index < -0.39 is 53.4 Å². The van der Waals surface area contributed by atoms with Crippen molar-refractivity contribution in [3.8, 4) is 0 Å². The largest absolute Gasteiger partial charge is 0.438 e. The number of Topliss-reactive ketones (excluding diaryl/α,β-unsaturated/α-hetero) is 2. The highest BCUT2D eigenvalue weighted by Crippen LogP contribution is 2.50. The van der Waals surface area contributed by atoms with Gasteiger partial charge in [0.15, 0.2) is 0 Å². The quantitative estimate of drug-likeness (QED) is 0.142. The van der Waals surface area contributed by atoms with E-state index in [1.165, 1.54) is 48.5 Å². The summed E-state index contributed by atoms with van der Waals surface area (Å²) in [6, 6.07) is 22.6. The van der Waals surface area contributed by atoms with Crippen LogP contribution in [0.2, 0.25) is 0 Å². The van der Waals surface area contributed by atoms with Crippen LogP contribution in [0.15, 0.2) is 102 Å². The van der Waals surface area contributed by atoms with E-state index in [1.807, 2.05) is 0 Å². The molecule has 1 fully saturated rings. The molecular weight excluding hydrogens is 657 g/mol. The molecule has 0 unspecified atom stereocenters. The zero-order chi connectivity index (χ0) is 30.1. The third-order valence-electron chi connectivity index (χ3n) is 7.00. The lowest BCUT2D eigenvalue weighted by molar-refractivity contribution is -0.148. The summed E-state index contributed by atoms with van der Waals surface area (Å²) in [6.07, 6.45) is -2.68. The molecule has 4 N–H and O–H groups in total. The minimum Gasteiger partial charge on any atom is -0.438 e. The van der Waals surface area contributed by atoms with Gasteiger partial charge in [0, 0.05) is 17.3 Å². The number of anilines is 1. The number of aliphatic hydroxyl groups excluding tert-OH is 2. The van der Waals surface area contributed by atoms with Gasteiger partial charge in [-0.25, -0.2) is 9.59 Å². The van der Waals surface area contributed by atoms with Crippen molar-refractivity contribution in [2.45, 2.75) is 23.5 Å². The number of esters is 1. The smallest absolute Gasteiger partial charge is 0.352 e. The van der Waals surface area contributed by atoms with E-state index in [-0.39, 0.29) is 26.1 Å². The number of nitrogen functional groups attached to an aromatic ring is 1. The van der Waals surface area contributed by atoms with Crippen LogP contribution in [0, 0.1) is 3.57 Å². The first-order valence-corrected chi connectivity index (χ1v) is 13.7. The summed E-state index contributed by atoms with van der Waals surface area (Å²) >= 11 is 1.77. The maximum Gasteiger partial charge on any atom is 0.352 e. The number of nitrogens with two attached hydrogens (primary N) is 1. The fourth-order valence-corrected chi connectivity index (χ4v) is 5.44. The van der Waals surface area contributed by atoms with Gasteiger partial charge in [0.25, 0.3) is 11.3 Å². The molecule has 0 aliphatic carbocycles. The number of ether oxygens (including phenoxy) is 2. The molecule has 4 aromatic rings. The van der Waals surface area contributed by atoms with Crippen LogP contribution in [0.25, 0.3) is 0 Å². The van der Waals surface area contributed by atoms with Gasteiger partial charge in [0.1, 0.15) is 18.0 Å². The molecule has 12 heteroatoms. The second-order valence-electron chi connectivity index (χ2n) is 9.44. The number of nitrogens with zero attached hydrogens (tertiary/aromatic N) is 2. The third kappa shape index (κ3) is 4.61. The maximum atomic E-state index is 14.7. The van der Waals surface area contributed by atoms with Gasteiger partial charge in [0.05, 0.1) is 15.7 Å². The molecule has 214 valence electrons. The van der Waals surface area contributed by atoms with Crippen LogP contribution in [0.5, 0.6) is 0 Å². The Labute approximate surface area is 252 Å². The number of carbonyl (C=O) groups is 3. The van der Waals surface area contributed by atoms with Crippen LogP contribution >= 0.6 is 22.6 Å². The van der Waals surface area contributed by atoms with Crippen molar-refractivity contribution in [3.05, 3.63) is 128 Å². The molecule has 0 radical (unpaired) electrons. The molecule has 42 heavy (non-hydrogen) atoms. The number of hydrogen-bond acceptors (Lipinski definition) is 10. The predicted octanol–water partition coefficient (Wildman–Crippen LogP) is 2.20. The number of carbonyl (C=O) groups excluding carboxylic acids is 3. The topological polar surface area (TPSA) is 171 Å². The van der Waals surface area contributed by atoms with E-state index in [0.29, 0.717) is 4.57 Å². The number of ketones is 2. The number of aliphatic hydroxyl groups is 2. The van der Waals surface area contributed by atoms with Crippen LogP contribution in [-0.4, -0.2) is 61.7 Å². The average molecular weight is 681 g/mol. The highest BCUT2D eigenvalue weighted by Gasteiger charge is 2.77. The molecule has 1 aromatic heterocycles. The number of hydrogen-bond donors (Lipinski definition) is 3. The minimum absolute atomic E-state index is 0.0178. The van der Waals surface area contributed by atoms with E-state index in [0.717, 1.165) is 6.20 Å². The first-order valence-electron chi connectivity index (χ1n) is 12.7. The van der Waals surface area contributed by atoms with Crippen LogP contribution < -0.4 is 11.4 Å². The highest BCUT2D eigenvalue weighted by molar-refractivity contribution is 14.1. The van der Waals surface area contributed by atoms with E-state index in [1.54, 1.807) is 65.1 Å². The van der Waals surface area contributed by atoms with Gasteiger partial charge in [0.2, 0.25) is 11.6 Å². The molecule has 0 spiro atoms. The average Bonchev–Trinajstić information content (AvgIpc) is 3.28. The first kappa shape index (κ1) is 29.3. The van der Waals surface area contributed by atoms with Crippen molar-refractivity contribution in [2.24, 2.45) is 0 Å². The Balaban J connectivity index is 1.92. The fourth-order valence-electron chi connectivity index (χ4n) is 5.04. The zero-order valence-electron chi connectivity index (χ0n) is 21.8. The first-order chi connectivity index (χ1) is 20.2. The minimum atomic E-state index is -2.95. The molecule has 1 aliphatic heterocycles. The van der Waals surface area contributed by atoms with Crippen LogP contribution in [0.1, 0.15) is 31.1 Å². The monoisotopic (exact) mass is 681 g/mol. The number of halogens is 1. The summed E-state index contributed by atoms with van der Waals surface area (Å²) in [5.74, 6) is -3.35. The summed E-state index contributed by atoms with van der Waals surface area (Å²) < 4.78 is 13.0. The van der Waals surface area contributed by atoms with E-state index >= 15 is 0 Å². The Morgan fingerprint density at radius 2 is 1.40 bits per heavy atom. The van der Waals surface area contributed by atoms with Gasteiger partial charge in [-0.2, -0.15) is 4.98 Å². The van der Waals surface area contributed by atoms with E-state index in [2.05, 4.69) is 4.98 Å². The second-order valence-corrected chi connectivity index (χ2v) is 10.6. The Kier molecular flexibility index (Phi) is 8.06. The van der Waals surface area contributed by atoms with Crippen LogP contribution in [-0.2, 0) is 15.2 Å². The summed E-state index contributed by atoms with van der Waals surface area (Å²) in [4.78, 5) is 60.5. The second kappa shape index (κ2) is 11.6. The SMILES string of the molecule is Nc1nc(=O)n([C@]2(C(=O)c3ccccc3)O[C@H](CO)[C@@H](O)[C@]2(OC(=O)c2ccccc2)C(=O)c2ccccc2)cc1I. The van der Waals surface area contributed by atoms with Gasteiger partial charge in [-0.05, 0) is 34.7 Å². The molecule has 0 saturated carbocycles. The summed E-state index contributed by atoms with van der Waals surface area (Å²) in [5, 5.41) is 22.1. The van der Waals surface area contributed by atoms with Gasteiger partial charge >= 0.3 is 11.7 Å². The molecule has 2 heterocycles. The molecule has 1 aliphatic rings. The molecule has 3 aromatic carbocycles. The number of rotatable bonds is 8. The van der Waals surface area contributed by atoms with Crippen molar-refractivity contribution in [1.82, 2.24) is 9.55 Å². The van der Waals surface area contributed by atoms with E-state index in [9.17, 15) is 29.4 Å². The third-order valence-corrected chi connectivity index (χ3v) is 7.83. The fraction of sp³-hybridized carbons (Fsp3) is 0.167. The van der Waals surface area contributed by atoms with Crippen molar-refractivity contribution >= 4 is 45.9 Å². The van der Waals surface area contributed by atoms with Crippen molar-refractivity contribution < 1.29 is 34.1 Å². The van der Waals surface area contributed by atoms with Gasteiger partial charge < -0.3 is 25.4 Å². The Morgan fingerprint density at radius 3 is 1.93 bits per heavy atom. The van der Waals surface area contributed by atoms with Crippen LogP contribution in [0.4, 0.5) is 5.82 Å². The summed E-state index contributed by atoms with van der Waals surface area (Å²) in [7, 11) is 0. The van der Waals surface area contributed by atoms with Gasteiger partial charge in [-0.1, -0.05) is 78.9 Å². The van der Waals surface area contributed by atoms with E-state index in [4.69, 9.17) is 15.2 Å². The molecule has 1 saturated heterocycles. The van der Waals surface area contributed by atoms with Crippen molar-refractivity contribution in [3.63, 3.8) is 0 Å². The molecule has 0 amide bonds. The van der Waals surface area contributed by atoms with Gasteiger partial charge in [-0.15, -0.1) is 0 Å². The molecule has 11 nitrogen and oxygen atoms in total. The van der Waals surface area contributed by atoms with Crippen LogP contribution in [0.3, 0.4) is 0 Å². The lowest BCUT2D eigenvalue weighted by Crippen LogP contribution is -2.69. The number of benzene rings is 3. The zero-order valence-corrected chi connectivity index (χ0v) is 24.0. The normalized spacial score (nSPS) is 23.3. The van der Waals surface area contributed by atoms with Crippen molar-refractivity contribution in [1.29, 1.82) is 0 Å². The molecular formula is C30H24IN3O8. The Bertz CT molecular complexity index is 1700. The summed E-state index contributed by atoms with van der Waals surface area (Å²) in [6.45, 7) is -0.911. The lowest BCUT2D eigenvalue weighted by Gasteiger charge is -2.42. The number of aromatic nitrogens is 2. The van der Waals surface area contributed by atoms with Crippen molar-refractivity contribution in [2.75, 3.05) is 12.3 Å². The van der Waals surface area contributed by atoms with Gasteiger partial charge in [-0.3, -0.25) is 14.2 Å². The molecule has 0 bridgehead atoms. The predicted molar refractivity (Wildman–Crippen MR) is 158 cm³/mol. The maximum absolute atomic E-state index is 14.7. The molecule has 5 rings (SSSR count). The Hall–Kier alpha value is -4.24. The summed E-state index contributed by atoms with van der Waals surface area (Å²) in [5.41, 5.74) is -1.25. The Morgan fingerprint density at radius 1 is 0.905 bits per heavy atom. The highest BCUT2D eigenvalue weighted by atomic mass is 127. The standard InChI is InChI=1S/C30H24IN3O8/c31-21-16-34(28(40)33-26(21)32)30(24(37)19-12-6-2-7-13-19)29(25(38)22(17-35)41-30,23(36)18-10-4-1-5-11-18)42-27(39)20-14-8-3-9-15-20/h1-16,22,25,35,38H,17H2,(H2,32,33,40)/t22-,25-,29-,30-/m1/s1.